The summed E-state index contributed by atoms with van der Waals surface area (Å²) < 4.78 is 27.4. The maximum atomic E-state index is 13.8. The molecule has 0 radical (unpaired) electrons. The highest BCUT2D eigenvalue weighted by atomic mass is 19.2. The Labute approximate surface area is 137 Å². The predicted molar refractivity (Wildman–Crippen MR) is 89.0 cm³/mol. The molecule has 3 aromatic rings. The quantitative estimate of drug-likeness (QED) is 0.558. The summed E-state index contributed by atoms with van der Waals surface area (Å²) in [6.07, 6.45) is 1.91. The Bertz CT molecular complexity index is 928. The van der Waals surface area contributed by atoms with Crippen molar-refractivity contribution in [2.24, 2.45) is 5.84 Å². The minimum Gasteiger partial charge on any atom is -0.325 e. The highest BCUT2D eigenvalue weighted by Gasteiger charge is 2.22. The van der Waals surface area contributed by atoms with Crippen molar-refractivity contribution in [3.63, 3.8) is 0 Å². The molecule has 3 N–H and O–H groups in total. The first-order valence-electron chi connectivity index (χ1n) is 7.66. The van der Waals surface area contributed by atoms with Crippen molar-refractivity contribution >= 4 is 28.4 Å². The molecule has 5 nitrogen and oxygen atoms in total. The maximum Gasteiger partial charge on any atom is 0.239 e. The molecule has 0 amide bonds. The minimum atomic E-state index is -0.950. The number of nitrogens with one attached hydrogen (secondary N) is 1. The summed E-state index contributed by atoms with van der Waals surface area (Å²) >= 11 is 0. The van der Waals surface area contributed by atoms with Crippen LogP contribution < -0.4 is 16.2 Å². The number of anilines is 3. The number of hydrogen-bond donors (Lipinski definition) is 2. The van der Waals surface area contributed by atoms with Crippen molar-refractivity contribution in [1.82, 2.24) is 9.97 Å². The number of benzene rings is 2. The van der Waals surface area contributed by atoms with Gasteiger partial charge in [0.2, 0.25) is 5.95 Å². The van der Waals surface area contributed by atoms with Crippen LogP contribution in [0.25, 0.3) is 10.9 Å². The van der Waals surface area contributed by atoms with Crippen molar-refractivity contribution in [2.75, 3.05) is 16.9 Å². The number of nitrogens with two attached hydrogens (primary N) is 1. The smallest absolute Gasteiger partial charge is 0.239 e. The van der Waals surface area contributed by atoms with E-state index in [9.17, 15) is 8.78 Å². The third kappa shape index (κ3) is 2.33. The summed E-state index contributed by atoms with van der Waals surface area (Å²) in [5.41, 5.74) is 4.90. The van der Waals surface area contributed by atoms with E-state index in [1.165, 1.54) is 5.56 Å². The Morgan fingerprint density at radius 2 is 1.88 bits per heavy atom. The van der Waals surface area contributed by atoms with Crippen LogP contribution in [0.15, 0.2) is 36.4 Å². The lowest BCUT2D eigenvalue weighted by atomic mass is 10.0. The molecule has 0 fully saturated rings. The fourth-order valence-electron chi connectivity index (χ4n) is 3.13. The van der Waals surface area contributed by atoms with E-state index < -0.39 is 11.6 Å². The average Bonchev–Trinajstić information content (AvgIpc) is 2.61. The van der Waals surface area contributed by atoms with E-state index in [2.05, 4.69) is 21.5 Å². The normalized spacial score (nSPS) is 13.9. The first-order valence-corrected chi connectivity index (χ1v) is 7.66. The molecule has 0 saturated heterocycles. The van der Waals surface area contributed by atoms with Crippen LogP contribution in [0.3, 0.4) is 0 Å². The van der Waals surface area contributed by atoms with Gasteiger partial charge in [-0.05, 0) is 30.5 Å². The zero-order valence-electron chi connectivity index (χ0n) is 12.8. The second-order valence-corrected chi connectivity index (χ2v) is 5.68. The predicted octanol–water partition coefficient (Wildman–Crippen LogP) is 3.28. The van der Waals surface area contributed by atoms with Gasteiger partial charge >= 0.3 is 0 Å². The molecular formula is C17H15F2N5. The van der Waals surface area contributed by atoms with Gasteiger partial charge in [-0.3, -0.25) is 5.43 Å². The summed E-state index contributed by atoms with van der Waals surface area (Å²) in [6, 6.07) is 10.2. The summed E-state index contributed by atoms with van der Waals surface area (Å²) in [5.74, 6) is 4.24. The number of nitrogens with zero attached hydrogens (tertiary/aromatic N) is 3. The first kappa shape index (κ1) is 14.8. The van der Waals surface area contributed by atoms with Crippen LogP contribution in [0.2, 0.25) is 0 Å². The van der Waals surface area contributed by atoms with Gasteiger partial charge in [-0.1, -0.05) is 18.2 Å². The van der Waals surface area contributed by atoms with Crippen LogP contribution in [0, 0.1) is 11.6 Å². The van der Waals surface area contributed by atoms with Crippen LogP contribution in [0.5, 0.6) is 0 Å². The number of aryl methyl sites for hydroxylation is 1. The molecule has 0 unspecified atom stereocenters. The molecule has 24 heavy (non-hydrogen) atoms. The first-order chi connectivity index (χ1) is 11.7. The van der Waals surface area contributed by atoms with E-state index in [0.717, 1.165) is 37.2 Å². The summed E-state index contributed by atoms with van der Waals surface area (Å²) in [7, 11) is 0. The van der Waals surface area contributed by atoms with E-state index in [0.29, 0.717) is 16.7 Å². The highest BCUT2D eigenvalue weighted by Crippen LogP contribution is 2.36. The van der Waals surface area contributed by atoms with Gasteiger partial charge in [-0.2, -0.15) is 4.98 Å². The van der Waals surface area contributed by atoms with Gasteiger partial charge in [-0.25, -0.2) is 19.6 Å². The van der Waals surface area contributed by atoms with Gasteiger partial charge in [0.25, 0.3) is 0 Å². The molecular weight excluding hydrogens is 312 g/mol. The molecule has 122 valence electrons. The number of para-hydroxylation sites is 1. The number of hydrogen-bond acceptors (Lipinski definition) is 5. The van der Waals surface area contributed by atoms with Crippen molar-refractivity contribution in [3.8, 4) is 0 Å². The SMILES string of the molecule is NNc1nc(N2CCCc3ccccc32)c2cc(F)c(F)cc2n1. The number of aromatic nitrogens is 2. The number of halogens is 2. The molecule has 7 heteroatoms. The molecule has 0 saturated carbocycles. The Kier molecular flexibility index (Phi) is 3.50. The summed E-state index contributed by atoms with van der Waals surface area (Å²) in [6.45, 7) is 0.728. The van der Waals surface area contributed by atoms with Crippen LogP contribution in [0.4, 0.5) is 26.2 Å². The second-order valence-electron chi connectivity index (χ2n) is 5.68. The Hall–Kier alpha value is -2.80. The summed E-state index contributed by atoms with van der Waals surface area (Å²) in [5, 5.41) is 0.449. The monoisotopic (exact) mass is 327 g/mol. The standard InChI is InChI=1S/C17H15F2N5/c18-12-8-11-14(9-13(12)19)21-17(23-20)22-16(11)24-7-3-5-10-4-1-2-6-15(10)24/h1-2,4,6,8-9H,3,5,7,20H2,(H,21,22,23). The van der Waals surface area contributed by atoms with E-state index in [4.69, 9.17) is 5.84 Å². The number of fused-ring (bicyclic) bond motifs is 2. The van der Waals surface area contributed by atoms with Crippen LogP contribution >= 0.6 is 0 Å². The zero-order valence-corrected chi connectivity index (χ0v) is 12.8. The van der Waals surface area contributed by atoms with Crippen molar-refractivity contribution < 1.29 is 8.78 Å². The van der Waals surface area contributed by atoms with Gasteiger partial charge in [0, 0.05) is 23.7 Å². The molecule has 2 heterocycles. The molecule has 1 aromatic heterocycles. The van der Waals surface area contributed by atoms with Crippen molar-refractivity contribution in [3.05, 3.63) is 53.6 Å². The van der Waals surface area contributed by atoms with Crippen LogP contribution in [0.1, 0.15) is 12.0 Å². The van der Waals surface area contributed by atoms with Crippen LogP contribution in [-0.4, -0.2) is 16.5 Å². The van der Waals surface area contributed by atoms with E-state index in [1.54, 1.807) is 0 Å². The van der Waals surface area contributed by atoms with Gasteiger partial charge in [0.05, 0.1) is 5.52 Å². The lowest BCUT2D eigenvalue weighted by molar-refractivity contribution is 0.510. The molecule has 0 atom stereocenters. The third-order valence-electron chi connectivity index (χ3n) is 4.21. The van der Waals surface area contributed by atoms with Crippen molar-refractivity contribution in [1.29, 1.82) is 0 Å². The topological polar surface area (TPSA) is 67.1 Å². The molecule has 1 aliphatic rings. The maximum absolute atomic E-state index is 13.8. The fraction of sp³-hybridized carbons (Fsp3) is 0.176. The third-order valence-corrected chi connectivity index (χ3v) is 4.21. The number of rotatable bonds is 2. The van der Waals surface area contributed by atoms with E-state index in [1.807, 2.05) is 23.1 Å². The lowest BCUT2D eigenvalue weighted by Crippen LogP contribution is -2.26. The molecule has 2 aromatic carbocycles. The summed E-state index contributed by atoms with van der Waals surface area (Å²) in [4.78, 5) is 10.5. The van der Waals surface area contributed by atoms with Gasteiger partial charge in [0.1, 0.15) is 5.82 Å². The second kappa shape index (κ2) is 5.68. The van der Waals surface area contributed by atoms with Crippen LogP contribution in [-0.2, 0) is 6.42 Å². The Balaban J connectivity index is 1.98. The Morgan fingerprint density at radius 1 is 1.08 bits per heavy atom. The molecule has 0 spiro atoms. The Morgan fingerprint density at radius 3 is 2.71 bits per heavy atom. The number of nitrogen functional groups attached to an aromatic ring is 1. The average molecular weight is 327 g/mol. The van der Waals surface area contributed by atoms with Gasteiger partial charge in [-0.15, -0.1) is 0 Å². The highest BCUT2D eigenvalue weighted by molar-refractivity contribution is 5.93. The van der Waals surface area contributed by atoms with E-state index >= 15 is 0 Å². The molecule has 0 aliphatic carbocycles. The van der Waals surface area contributed by atoms with Crippen molar-refractivity contribution in [2.45, 2.75) is 12.8 Å². The largest absolute Gasteiger partial charge is 0.325 e. The minimum absolute atomic E-state index is 0.159. The molecule has 4 rings (SSSR count). The molecule has 1 aliphatic heterocycles. The zero-order chi connectivity index (χ0) is 16.7. The lowest BCUT2D eigenvalue weighted by Gasteiger charge is -2.31. The van der Waals surface area contributed by atoms with E-state index in [-0.39, 0.29) is 5.95 Å². The van der Waals surface area contributed by atoms with Gasteiger partial charge in [0.15, 0.2) is 11.6 Å². The molecule has 0 bridgehead atoms. The van der Waals surface area contributed by atoms with Gasteiger partial charge < -0.3 is 4.90 Å². The number of hydrazine groups is 1. The fourth-order valence-corrected chi connectivity index (χ4v) is 3.13.